The van der Waals surface area contributed by atoms with Crippen LogP contribution in [0.15, 0.2) is 11.4 Å². The van der Waals surface area contributed by atoms with Crippen LogP contribution in [-0.2, 0) is 13.0 Å². The Hall–Kier alpha value is -1.69. The summed E-state index contributed by atoms with van der Waals surface area (Å²) < 4.78 is 0. The van der Waals surface area contributed by atoms with Gasteiger partial charge in [0.1, 0.15) is 11.6 Å². The summed E-state index contributed by atoms with van der Waals surface area (Å²) in [5.41, 5.74) is 2.09. The van der Waals surface area contributed by atoms with E-state index < -0.39 is 0 Å². The topological polar surface area (TPSA) is 53.9 Å². The fraction of sp³-hybridized carbons (Fsp3) is 0.462. The Kier molecular flexibility index (Phi) is 4.31. The number of nitrogens with one attached hydrogen (secondary N) is 1. The molecule has 5 nitrogen and oxygen atoms in total. The highest BCUT2D eigenvalue weighted by atomic mass is 32.1. The van der Waals surface area contributed by atoms with Crippen LogP contribution in [0.3, 0.4) is 0 Å². The van der Waals surface area contributed by atoms with Crippen molar-refractivity contribution in [2.24, 2.45) is 0 Å². The van der Waals surface area contributed by atoms with E-state index in [1.165, 1.54) is 0 Å². The molecule has 6 heteroatoms. The first-order valence-electron chi connectivity index (χ1n) is 6.28. The molecule has 2 rings (SSSR count). The molecule has 0 fully saturated rings. The summed E-state index contributed by atoms with van der Waals surface area (Å²) in [6.07, 6.45) is 0.916. The maximum absolute atomic E-state index is 4.53. The minimum absolute atomic E-state index is 0.684. The second kappa shape index (κ2) is 5.97. The van der Waals surface area contributed by atoms with Gasteiger partial charge in [-0.1, -0.05) is 6.92 Å². The maximum Gasteiger partial charge on any atom is 0.185 e. The van der Waals surface area contributed by atoms with E-state index >= 15 is 0 Å². The molecule has 0 spiro atoms. The molecule has 0 atom stereocenters. The summed E-state index contributed by atoms with van der Waals surface area (Å²) in [5, 5.41) is 6.39. The number of hydrogen-bond acceptors (Lipinski definition) is 6. The molecule has 0 saturated heterocycles. The quantitative estimate of drug-likeness (QED) is 0.910. The number of thiazole rings is 1. The average Bonchev–Trinajstić information content (AvgIpc) is 2.84. The third-order valence-electron chi connectivity index (χ3n) is 2.63. The molecule has 102 valence electrons. The molecule has 0 aromatic carbocycles. The van der Waals surface area contributed by atoms with Crippen LogP contribution in [0, 0.1) is 6.92 Å². The standard InChI is InChI=1S/C13H19N5S/c1-5-10-6-12(16-9(2)15-10)14-7-11-8-19-13(17-11)18(3)4/h6,8H,5,7H2,1-4H3,(H,14,15,16). The zero-order valence-electron chi connectivity index (χ0n) is 11.8. The van der Waals surface area contributed by atoms with Crippen LogP contribution >= 0.6 is 11.3 Å². The normalized spacial score (nSPS) is 10.5. The Morgan fingerprint density at radius 3 is 2.63 bits per heavy atom. The largest absolute Gasteiger partial charge is 0.364 e. The van der Waals surface area contributed by atoms with Gasteiger partial charge in [-0.25, -0.2) is 15.0 Å². The van der Waals surface area contributed by atoms with Gasteiger partial charge in [-0.3, -0.25) is 0 Å². The van der Waals surface area contributed by atoms with Crippen molar-refractivity contribution in [3.63, 3.8) is 0 Å². The number of nitrogens with zero attached hydrogens (tertiary/aromatic N) is 4. The van der Waals surface area contributed by atoms with Crippen molar-refractivity contribution in [3.8, 4) is 0 Å². The van der Waals surface area contributed by atoms with Crippen molar-refractivity contribution in [2.45, 2.75) is 26.8 Å². The number of aryl methyl sites for hydroxylation is 2. The van der Waals surface area contributed by atoms with Crippen molar-refractivity contribution in [2.75, 3.05) is 24.3 Å². The van der Waals surface area contributed by atoms with Gasteiger partial charge in [0.15, 0.2) is 5.13 Å². The Balaban J connectivity index is 2.03. The number of rotatable bonds is 5. The van der Waals surface area contributed by atoms with E-state index in [0.717, 1.165) is 34.6 Å². The Morgan fingerprint density at radius 1 is 1.21 bits per heavy atom. The molecule has 0 aliphatic rings. The maximum atomic E-state index is 4.53. The van der Waals surface area contributed by atoms with Crippen molar-refractivity contribution in [1.29, 1.82) is 0 Å². The first-order valence-corrected chi connectivity index (χ1v) is 7.16. The lowest BCUT2D eigenvalue weighted by Crippen LogP contribution is -2.09. The highest BCUT2D eigenvalue weighted by Crippen LogP contribution is 2.18. The summed E-state index contributed by atoms with van der Waals surface area (Å²) in [6, 6.07) is 1.99. The first-order chi connectivity index (χ1) is 9.08. The minimum Gasteiger partial charge on any atom is -0.364 e. The molecule has 0 aliphatic heterocycles. The van der Waals surface area contributed by atoms with Gasteiger partial charge in [0, 0.05) is 31.2 Å². The van der Waals surface area contributed by atoms with Crippen molar-refractivity contribution >= 4 is 22.3 Å². The van der Waals surface area contributed by atoms with Gasteiger partial charge in [-0.2, -0.15) is 0 Å². The van der Waals surface area contributed by atoms with Gasteiger partial charge >= 0.3 is 0 Å². The number of hydrogen-bond donors (Lipinski definition) is 1. The molecule has 0 saturated carbocycles. The van der Waals surface area contributed by atoms with Gasteiger partial charge in [0.05, 0.1) is 12.2 Å². The lowest BCUT2D eigenvalue weighted by atomic mass is 10.3. The molecule has 0 aliphatic carbocycles. The fourth-order valence-corrected chi connectivity index (χ4v) is 2.42. The van der Waals surface area contributed by atoms with Gasteiger partial charge in [0.2, 0.25) is 0 Å². The Morgan fingerprint density at radius 2 is 2.00 bits per heavy atom. The van der Waals surface area contributed by atoms with E-state index in [4.69, 9.17) is 0 Å². The summed E-state index contributed by atoms with van der Waals surface area (Å²) in [4.78, 5) is 15.3. The predicted molar refractivity (Wildman–Crippen MR) is 79.9 cm³/mol. The summed E-state index contributed by atoms with van der Waals surface area (Å²) in [5.74, 6) is 1.66. The molecule has 2 heterocycles. The van der Waals surface area contributed by atoms with Crippen LogP contribution in [0.2, 0.25) is 0 Å². The molecule has 0 radical (unpaired) electrons. The Bertz CT molecular complexity index is 550. The van der Waals surface area contributed by atoms with Crippen LogP contribution < -0.4 is 10.2 Å². The van der Waals surface area contributed by atoms with Crippen LogP contribution in [0.25, 0.3) is 0 Å². The van der Waals surface area contributed by atoms with E-state index in [9.17, 15) is 0 Å². The van der Waals surface area contributed by atoms with E-state index in [1.54, 1.807) is 11.3 Å². The van der Waals surface area contributed by atoms with Gasteiger partial charge in [-0.15, -0.1) is 11.3 Å². The molecule has 0 unspecified atom stereocenters. The molecular formula is C13H19N5S. The van der Waals surface area contributed by atoms with Crippen LogP contribution in [-0.4, -0.2) is 29.0 Å². The lowest BCUT2D eigenvalue weighted by Gasteiger charge is -2.07. The van der Waals surface area contributed by atoms with E-state index in [-0.39, 0.29) is 0 Å². The first kappa shape index (κ1) is 13.7. The molecule has 1 N–H and O–H groups in total. The highest BCUT2D eigenvalue weighted by molar-refractivity contribution is 7.13. The molecule has 2 aromatic heterocycles. The molecular weight excluding hydrogens is 258 g/mol. The zero-order valence-corrected chi connectivity index (χ0v) is 12.6. The second-order valence-electron chi connectivity index (χ2n) is 4.51. The van der Waals surface area contributed by atoms with Crippen molar-refractivity contribution < 1.29 is 0 Å². The van der Waals surface area contributed by atoms with Crippen molar-refractivity contribution in [3.05, 3.63) is 28.7 Å². The lowest BCUT2D eigenvalue weighted by molar-refractivity contribution is 0.936. The van der Waals surface area contributed by atoms with Crippen LogP contribution in [0.4, 0.5) is 10.9 Å². The summed E-state index contributed by atoms with van der Waals surface area (Å²) in [7, 11) is 3.99. The summed E-state index contributed by atoms with van der Waals surface area (Å²) >= 11 is 1.65. The van der Waals surface area contributed by atoms with Gasteiger partial charge in [0.25, 0.3) is 0 Å². The summed E-state index contributed by atoms with van der Waals surface area (Å²) in [6.45, 7) is 4.69. The van der Waals surface area contributed by atoms with Gasteiger partial charge < -0.3 is 10.2 Å². The van der Waals surface area contributed by atoms with Crippen molar-refractivity contribution in [1.82, 2.24) is 15.0 Å². The zero-order chi connectivity index (χ0) is 13.8. The minimum atomic E-state index is 0.684. The molecule has 19 heavy (non-hydrogen) atoms. The monoisotopic (exact) mass is 277 g/mol. The van der Waals surface area contributed by atoms with E-state index in [0.29, 0.717) is 6.54 Å². The molecule has 0 amide bonds. The number of aromatic nitrogens is 3. The third-order valence-corrected chi connectivity index (χ3v) is 3.68. The fourth-order valence-electron chi connectivity index (χ4n) is 1.67. The second-order valence-corrected chi connectivity index (χ2v) is 5.35. The molecule has 2 aromatic rings. The third kappa shape index (κ3) is 3.64. The smallest absolute Gasteiger partial charge is 0.185 e. The average molecular weight is 277 g/mol. The molecule has 0 bridgehead atoms. The number of anilines is 2. The highest BCUT2D eigenvalue weighted by Gasteiger charge is 2.05. The van der Waals surface area contributed by atoms with E-state index in [2.05, 4.69) is 32.6 Å². The SMILES string of the molecule is CCc1cc(NCc2csc(N(C)C)n2)nc(C)n1. The van der Waals surface area contributed by atoms with Crippen LogP contribution in [0.1, 0.15) is 24.1 Å². The predicted octanol–water partition coefficient (Wildman–Crippen LogP) is 2.48. The van der Waals surface area contributed by atoms with E-state index in [1.807, 2.05) is 32.0 Å². The van der Waals surface area contributed by atoms with Gasteiger partial charge in [-0.05, 0) is 13.3 Å². The van der Waals surface area contributed by atoms with Crippen LogP contribution in [0.5, 0.6) is 0 Å². The Labute approximate surface area is 117 Å².